The number of benzene rings is 1. The lowest BCUT2D eigenvalue weighted by Crippen LogP contribution is -2.41. The van der Waals surface area contributed by atoms with Crippen LogP contribution >= 0.6 is 0 Å². The van der Waals surface area contributed by atoms with Gasteiger partial charge in [-0.1, -0.05) is 11.2 Å². The van der Waals surface area contributed by atoms with Crippen molar-refractivity contribution in [3.05, 3.63) is 53.1 Å². The van der Waals surface area contributed by atoms with Crippen molar-refractivity contribution in [2.45, 2.75) is 65.2 Å². The first-order valence-electron chi connectivity index (χ1n) is 11.0. The number of oxime groups is 1. The molecule has 2 heterocycles. The SMILES string of the molecule is CC(=NOc1cccc(C(F)(F)F)c1)c1cnc(C)nc1C1CCN(C(=O)OC(C)(C)C)CC1. The number of hydrogen-bond donors (Lipinski definition) is 0. The van der Waals surface area contributed by atoms with Gasteiger partial charge in [0.1, 0.15) is 11.4 Å². The molecule has 0 unspecified atom stereocenters. The molecule has 0 N–H and O–H groups in total. The Labute approximate surface area is 197 Å². The summed E-state index contributed by atoms with van der Waals surface area (Å²) in [4.78, 5) is 28.2. The smallest absolute Gasteiger partial charge is 0.416 e. The van der Waals surface area contributed by atoms with Crippen LogP contribution in [0.25, 0.3) is 0 Å². The molecular weight excluding hydrogens is 449 g/mol. The third kappa shape index (κ3) is 6.68. The number of rotatable bonds is 4. The maximum absolute atomic E-state index is 12.9. The van der Waals surface area contributed by atoms with E-state index in [4.69, 9.17) is 9.57 Å². The van der Waals surface area contributed by atoms with E-state index in [0.717, 1.165) is 17.8 Å². The second-order valence-corrected chi connectivity index (χ2v) is 9.25. The van der Waals surface area contributed by atoms with Gasteiger partial charge in [0.05, 0.1) is 17.0 Å². The van der Waals surface area contributed by atoms with E-state index in [0.29, 0.717) is 43.0 Å². The minimum atomic E-state index is -4.47. The molecule has 0 spiro atoms. The molecule has 184 valence electrons. The first-order chi connectivity index (χ1) is 15.8. The topological polar surface area (TPSA) is 76.9 Å². The van der Waals surface area contributed by atoms with Gasteiger partial charge in [0.2, 0.25) is 0 Å². The highest BCUT2D eigenvalue weighted by Crippen LogP contribution is 2.32. The number of carbonyl (C=O) groups excluding carboxylic acids is 1. The van der Waals surface area contributed by atoms with Gasteiger partial charge in [-0.3, -0.25) is 0 Å². The normalized spacial score (nSPS) is 15.9. The Morgan fingerprint density at radius 1 is 1.18 bits per heavy atom. The van der Waals surface area contributed by atoms with Crippen molar-refractivity contribution < 1.29 is 27.5 Å². The van der Waals surface area contributed by atoms with Crippen LogP contribution in [0.4, 0.5) is 18.0 Å². The summed E-state index contributed by atoms with van der Waals surface area (Å²) in [5.41, 5.74) is 0.521. The van der Waals surface area contributed by atoms with E-state index in [-0.39, 0.29) is 17.8 Å². The third-order valence-corrected chi connectivity index (χ3v) is 5.31. The summed E-state index contributed by atoms with van der Waals surface area (Å²) in [6.45, 7) is 10.0. The van der Waals surface area contributed by atoms with Gasteiger partial charge >= 0.3 is 12.3 Å². The maximum atomic E-state index is 12.9. The molecule has 1 saturated heterocycles. The molecule has 1 fully saturated rings. The molecular formula is C24H29F3N4O3. The summed E-state index contributed by atoms with van der Waals surface area (Å²) in [6, 6.07) is 4.54. The molecule has 0 radical (unpaired) electrons. The number of alkyl halides is 3. The summed E-state index contributed by atoms with van der Waals surface area (Å²) in [5.74, 6) is 0.642. The Morgan fingerprint density at radius 2 is 1.85 bits per heavy atom. The van der Waals surface area contributed by atoms with E-state index in [1.807, 2.05) is 20.8 Å². The zero-order chi connectivity index (χ0) is 25.1. The monoisotopic (exact) mass is 478 g/mol. The standard InChI is InChI=1S/C24H29F3N4O3/c1-15(30-34-19-8-6-7-18(13-19)24(25,26)27)20-14-28-16(2)29-21(20)17-9-11-31(12-10-17)22(32)33-23(3,4)5/h6-8,13-14,17H,9-12H2,1-5H3. The van der Waals surface area contributed by atoms with Gasteiger partial charge in [-0.25, -0.2) is 14.8 Å². The van der Waals surface area contributed by atoms with Crippen LogP contribution in [0.3, 0.4) is 0 Å². The summed E-state index contributed by atoms with van der Waals surface area (Å²) >= 11 is 0. The molecule has 0 aliphatic carbocycles. The summed E-state index contributed by atoms with van der Waals surface area (Å²) < 4.78 is 44.3. The molecule has 0 bridgehead atoms. The van der Waals surface area contributed by atoms with Gasteiger partial charge in [-0.15, -0.1) is 0 Å². The average Bonchev–Trinajstić information content (AvgIpc) is 2.76. The largest absolute Gasteiger partial charge is 0.444 e. The van der Waals surface area contributed by atoms with Gasteiger partial charge in [-0.05, 0) is 65.7 Å². The zero-order valence-corrected chi connectivity index (χ0v) is 19.9. The van der Waals surface area contributed by atoms with Crippen LogP contribution in [-0.4, -0.2) is 45.4 Å². The van der Waals surface area contributed by atoms with Gasteiger partial charge < -0.3 is 14.5 Å². The Balaban J connectivity index is 1.75. The number of piperidine rings is 1. The number of ether oxygens (including phenoxy) is 1. The number of aromatic nitrogens is 2. The number of likely N-dealkylation sites (tertiary alicyclic amines) is 1. The van der Waals surface area contributed by atoms with Gasteiger partial charge in [0.15, 0.2) is 5.75 Å². The Kier molecular flexibility index (Phi) is 7.48. The molecule has 0 atom stereocenters. The molecule has 1 aromatic heterocycles. The van der Waals surface area contributed by atoms with E-state index >= 15 is 0 Å². The third-order valence-electron chi connectivity index (χ3n) is 5.31. The molecule has 1 aromatic carbocycles. The second kappa shape index (κ2) is 9.99. The minimum absolute atomic E-state index is 0.0191. The van der Waals surface area contributed by atoms with Crippen molar-refractivity contribution in [3.8, 4) is 5.75 Å². The van der Waals surface area contributed by atoms with Gasteiger partial charge in [0, 0.05) is 30.8 Å². The minimum Gasteiger partial charge on any atom is -0.444 e. The van der Waals surface area contributed by atoms with Crippen molar-refractivity contribution >= 4 is 11.8 Å². The lowest BCUT2D eigenvalue weighted by Gasteiger charge is -2.33. The predicted octanol–water partition coefficient (Wildman–Crippen LogP) is 5.72. The second-order valence-electron chi connectivity index (χ2n) is 9.25. The lowest BCUT2D eigenvalue weighted by atomic mass is 9.90. The van der Waals surface area contributed by atoms with E-state index < -0.39 is 17.3 Å². The highest BCUT2D eigenvalue weighted by Gasteiger charge is 2.31. The fraction of sp³-hybridized carbons (Fsp3) is 0.500. The van der Waals surface area contributed by atoms with Crippen LogP contribution in [0.5, 0.6) is 5.75 Å². The summed E-state index contributed by atoms with van der Waals surface area (Å²) in [6.07, 6.45) is -1.79. The number of carbonyl (C=O) groups is 1. The molecule has 1 aliphatic heterocycles. The first kappa shape index (κ1) is 25.5. The van der Waals surface area contributed by atoms with Gasteiger partial charge in [0.25, 0.3) is 0 Å². The fourth-order valence-corrected chi connectivity index (χ4v) is 3.64. The van der Waals surface area contributed by atoms with Crippen LogP contribution in [0, 0.1) is 6.92 Å². The van der Waals surface area contributed by atoms with E-state index in [1.165, 1.54) is 12.1 Å². The van der Waals surface area contributed by atoms with Crippen molar-refractivity contribution in [1.29, 1.82) is 0 Å². The van der Waals surface area contributed by atoms with E-state index in [1.54, 1.807) is 24.9 Å². The van der Waals surface area contributed by atoms with Crippen LogP contribution in [0.2, 0.25) is 0 Å². The zero-order valence-electron chi connectivity index (χ0n) is 19.9. The number of hydrogen-bond acceptors (Lipinski definition) is 6. The number of halogens is 3. The van der Waals surface area contributed by atoms with Crippen LogP contribution < -0.4 is 4.84 Å². The highest BCUT2D eigenvalue weighted by molar-refractivity contribution is 5.99. The number of aryl methyl sites for hydroxylation is 1. The highest BCUT2D eigenvalue weighted by atomic mass is 19.4. The first-order valence-corrected chi connectivity index (χ1v) is 11.0. The van der Waals surface area contributed by atoms with Crippen LogP contribution in [-0.2, 0) is 10.9 Å². The van der Waals surface area contributed by atoms with Crippen molar-refractivity contribution in [2.75, 3.05) is 13.1 Å². The molecule has 34 heavy (non-hydrogen) atoms. The molecule has 10 heteroatoms. The number of amides is 1. The molecule has 1 aliphatic rings. The maximum Gasteiger partial charge on any atom is 0.416 e. The molecule has 3 rings (SSSR count). The van der Waals surface area contributed by atoms with E-state index in [9.17, 15) is 18.0 Å². The summed E-state index contributed by atoms with van der Waals surface area (Å²) in [5, 5.41) is 4.04. The molecule has 7 nitrogen and oxygen atoms in total. The van der Waals surface area contributed by atoms with Crippen LogP contribution in [0.1, 0.15) is 69.1 Å². The molecule has 0 saturated carbocycles. The average molecular weight is 479 g/mol. The van der Waals surface area contributed by atoms with E-state index in [2.05, 4.69) is 15.1 Å². The predicted molar refractivity (Wildman–Crippen MR) is 121 cm³/mol. The Bertz CT molecular complexity index is 1060. The molecule has 1 amide bonds. The Hall–Kier alpha value is -3.17. The van der Waals surface area contributed by atoms with Gasteiger partial charge in [-0.2, -0.15) is 13.2 Å². The fourth-order valence-electron chi connectivity index (χ4n) is 3.64. The molecule has 2 aromatic rings. The van der Waals surface area contributed by atoms with Crippen molar-refractivity contribution in [1.82, 2.24) is 14.9 Å². The lowest BCUT2D eigenvalue weighted by molar-refractivity contribution is -0.137. The van der Waals surface area contributed by atoms with Crippen LogP contribution in [0.15, 0.2) is 35.6 Å². The van der Waals surface area contributed by atoms with Crippen molar-refractivity contribution in [3.63, 3.8) is 0 Å². The quantitative estimate of drug-likeness (QED) is 0.415. The summed E-state index contributed by atoms with van der Waals surface area (Å²) in [7, 11) is 0. The Morgan fingerprint density at radius 3 is 2.47 bits per heavy atom. The number of nitrogens with zero attached hydrogens (tertiary/aromatic N) is 4. The van der Waals surface area contributed by atoms with Crippen molar-refractivity contribution in [2.24, 2.45) is 5.16 Å².